The number of carbonyl (C=O) groups excluding carboxylic acids is 2. The summed E-state index contributed by atoms with van der Waals surface area (Å²) in [5, 5.41) is 0. The Bertz CT molecular complexity index is 703. The molecule has 1 unspecified atom stereocenters. The fraction of sp³-hybridized carbons (Fsp3) is 0.636. The van der Waals surface area contributed by atoms with Gasteiger partial charge < -0.3 is 19.3 Å². The first-order valence-electron chi connectivity index (χ1n) is 10.8. The lowest BCUT2D eigenvalue weighted by molar-refractivity contribution is -0.155. The summed E-state index contributed by atoms with van der Waals surface area (Å²) >= 11 is 0. The summed E-state index contributed by atoms with van der Waals surface area (Å²) in [6, 6.07) is 6.03. The third-order valence-corrected chi connectivity index (χ3v) is 5.89. The van der Waals surface area contributed by atoms with Crippen molar-refractivity contribution in [1.29, 1.82) is 0 Å². The highest BCUT2D eigenvalue weighted by Gasteiger charge is 2.34. The molecule has 3 rings (SSSR count). The van der Waals surface area contributed by atoms with E-state index in [1.165, 1.54) is 12.1 Å². The normalized spacial score (nSPS) is 21.0. The van der Waals surface area contributed by atoms with Crippen LogP contribution in [0.25, 0.3) is 0 Å². The first-order valence-corrected chi connectivity index (χ1v) is 10.8. The number of rotatable bonds is 8. The van der Waals surface area contributed by atoms with Crippen molar-refractivity contribution in [3.05, 3.63) is 30.1 Å². The van der Waals surface area contributed by atoms with E-state index in [0.717, 1.165) is 39.0 Å². The van der Waals surface area contributed by atoms with Gasteiger partial charge in [-0.05, 0) is 51.0 Å². The van der Waals surface area contributed by atoms with Crippen molar-refractivity contribution in [1.82, 2.24) is 14.7 Å². The summed E-state index contributed by atoms with van der Waals surface area (Å²) in [7, 11) is 0. The fourth-order valence-corrected chi connectivity index (χ4v) is 4.08. The molecule has 2 aliphatic heterocycles. The summed E-state index contributed by atoms with van der Waals surface area (Å²) in [5.74, 6) is 0.442. The molecule has 0 aromatic heterocycles. The van der Waals surface area contributed by atoms with Gasteiger partial charge in [0.05, 0.1) is 13.1 Å². The number of benzene rings is 1. The molecule has 2 amide bonds. The topological polar surface area (TPSA) is 62.3 Å². The van der Waals surface area contributed by atoms with Crippen LogP contribution in [0, 0.1) is 5.82 Å². The van der Waals surface area contributed by atoms with Gasteiger partial charge in [0, 0.05) is 32.2 Å². The number of nitrogens with zero attached hydrogens (tertiary/aromatic N) is 3. The van der Waals surface area contributed by atoms with Gasteiger partial charge >= 0.3 is 0 Å². The molecule has 7 nitrogen and oxygen atoms in total. The molecule has 2 heterocycles. The number of morpholine rings is 1. The Balaban J connectivity index is 1.46. The monoisotopic (exact) mass is 421 g/mol. The van der Waals surface area contributed by atoms with Crippen molar-refractivity contribution in [2.75, 3.05) is 52.5 Å². The molecule has 1 aromatic rings. The number of halogens is 1. The van der Waals surface area contributed by atoms with E-state index in [1.54, 1.807) is 12.1 Å². The van der Waals surface area contributed by atoms with Gasteiger partial charge in [0.15, 0.2) is 0 Å². The van der Waals surface area contributed by atoms with Crippen molar-refractivity contribution in [2.24, 2.45) is 0 Å². The molecule has 8 heteroatoms. The zero-order valence-corrected chi connectivity index (χ0v) is 17.9. The smallest absolute Gasteiger partial charge is 0.248 e. The Morgan fingerprint density at radius 2 is 1.87 bits per heavy atom. The van der Waals surface area contributed by atoms with Crippen molar-refractivity contribution in [3.8, 4) is 5.75 Å². The van der Waals surface area contributed by atoms with Crippen LogP contribution in [-0.4, -0.2) is 91.1 Å². The molecule has 2 fully saturated rings. The molecule has 0 N–H and O–H groups in total. The second-order valence-electron chi connectivity index (χ2n) is 7.82. The highest BCUT2D eigenvalue weighted by atomic mass is 19.1. The lowest BCUT2D eigenvalue weighted by Crippen LogP contribution is -2.56. The van der Waals surface area contributed by atoms with Crippen LogP contribution in [0.1, 0.15) is 26.7 Å². The van der Waals surface area contributed by atoms with Gasteiger partial charge in [-0.2, -0.15) is 0 Å². The number of hydrogen-bond donors (Lipinski definition) is 0. The van der Waals surface area contributed by atoms with E-state index < -0.39 is 0 Å². The van der Waals surface area contributed by atoms with Crippen molar-refractivity contribution < 1.29 is 23.5 Å². The Morgan fingerprint density at radius 1 is 1.20 bits per heavy atom. The zero-order chi connectivity index (χ0) is 21.5. The van der Waals surface area contributed by atoms with E-state index in [9.17, 15) is 14.0 Å². The molecule has 0 spiro atoms. The molecule has 2 aliphatic rings. The number of ether oxygens (including phenoxy) is 2. The molecule has 1 aromatic carbocycles. The molecular weight excluding hydrogens is 389 g/mol. The van der Waals surface area contributed by atoms with Crippen LogP contribution in [0.2, 0.25) is 0 Å². The number of carbonyl (C=O) groups is 2. The number of amides is 2. The molecular formula is C22H32FN3O4. The highest BCUT2D eigenvalue weighted by Crippen LogP contribution is 2.21. The summed E-state index contributed by atoms with van der Waals surface area (Å²) in [6.45, 7) is 8.36. The predicted molar refractivity (Wildman–Crippen MR) is 111 cm³/mol. The molecule has 2 saturated heterocycles. The lowest BCUT2D eigenvalue weighted by Gasteiger charge is -2.42. The van der Waals surface area contributed by atoms with E-state index in [2.05, 4.69) is 4.90 Å². The van der Waals surface area contributed by atoms with Gasteiger partial charge in [0.2, 0.25) is 11.8 Å². The summed E-state index contributed by atoms with van der Waals surface area (Å²) in [5.41, 5.74) is 0. The minimum atomic E-state index is -0.307. The lowest BCUT2D eigenvalue weighted by atomic mass is 10.0. The Kier molecular flexibility index (Phi) is 8.04. The van der Waals surface area contributed by atoms with Crippen LogP contribution in [0.5, 0.6) is 5.75 Å². The number of likely N-dealkylation sites (tertiary alicyclic amines) is 1. The number of hydrogen-bond acceptors (Lipinski definition) is 5. The number of piperidine rings is 1. The molecule has 166 valence electrons. The molecule has 0 saturated carbocycles. The van der Waals surface area contributed by atoms with Gasteiger partial charge in [-0.15, -0.1) is 0 Å². The Morgan fingerprint density at radius 3 is 2.50 bits per heavy atom. The molecule has 1 atom stereocenters. The largest absolute Gasteiger partial charge is 0.491 e. The second kappa shape index (κ2) is 10.7. The maximum atomic E-state index is 13.0. The first kappa shape index (κ1) is 22.5. The van der Waals surface area contributed by atoms with Crippen LogP contribution in [0.3, 0.4) is 0 Å². The van der Waals surface area contributed by atoms with Gasteiger partial charge in [0.1, 0.15) is 30.9 Å². The predicted octanol–water partition coefficient (Wildman–Crippen LogP) is 1.76. The van der Waals surface area contributed by atoms with Crippen molar-refractivity contribution >= 4 is 11.8 Å². The van der Waals surface area contributed by atoms with Crippen LogP contribution in [0.4, 0.5) is 4.39 Å². The maximum absolute atomic E-state index is 13.0. The van der Waals surface area contributed by atoms with Gasteiger partial charge in [-0.3, -0.25) is 14.5 Å². The van der Waals surface area contributed by atoms with E-state index in [-0.39, 0.29) is 36.4 Å². The van der Waals surface area contributed by atoms with Crippen LogP contribution < -0.4 is 4.74 Å². The van der Waals surface area contributed by atoms with E-state index in [1.807, 2.05) is 23.6 Å². The van der Waals surface area contributed by atoms with Crippen LogP contribution >= 0.6 is 0 Å². The van der Waals surface area contributed by atoms with Crippen LogP contribution in [0.15, 0.2) is 24.3 Å². The summed E-state index contributed by atoms with van der Waals surface area (Å²) in [4.78, 5) is 30.7. The SMILES string of the molecule is CCN(CC)C(=O)CN1CCC(N2CC(COc3ccc(F)cc3)OCC2=O)CC1. The molecule has 0 bridgehead atoms. The average molecular weight is 422 g/mol. The summed E-state index contributed by atoms with van der Waals surface area (Å²) in [6.07, 6.45) is 1.49. The fourth-order valence-electron chi connectivity index (χ4n) is 4.08. The minimum absolute atomic E-state index is 0.00528. The van der Waals surface area contributed by atoms with Gasteiger partial charge in [-0.25, -0.2) is 4.39 Å². The molecule has 0 radical (unpaired) electrons. The Labute approximate surface area is 177 Å². The average Bonchev–Trinajstić information content (AvgIpc) is 2.76. The van der Waals surface area contributed by atoms with Gasteiger partial charge in [0.25, 0.3) is 0 Å². The molecule has 30 heavy (non-hydrogen) atoms. The molecule has 0 aliphatic carbocycles. The highest BCUT2D eigenvalue weighted by molar-refractivity contribution is 5.79. The minimum Gasteiger partial charge on any atom is -0.491 e. The van der Waals surface area contributed by atoms with Crippen molar-refractivity contribution in [2.45, 2.75) is 38.8 Å². The summed E-state index contributed by atoms with van der Waals surface area (Å²) < 4.78 is 24.3. The van der Waals surface area contributed by atoms with E-state index in [4.69, 9.17) is 9.47 Å². The van der Waals surface area contributed by atoms with Crippen molar-refractivity contribution in [3.63, 3.8) is 0 Å². The second-order valence-corrected chi connectivity index (χ2v) is 7.82. The maximum Gasteiger partial charge on any atom is 0.248 e. The zero-order valence-electron chi connectivity index (χ0n) is 17.9. The number of likely N-dealkylation sites (N-methyl/N-ethyl adjacent to an activating group) is 1. The standard InChI is InChI=1S/C22H32FN3O4/c1-3-25(4-2)21(27)14-24-11-9-18(10-12-24)26-13-20(30-16-22(26)28)15-29-19-7-5-17(23)6-8-19/h5-8,18,20H,3-4,9-16H2,1-2H3. The van der Waals surface area contributed by atoms with Gasteiger partial charge in [-0.1, -0.05) is 0 Å². The Hall–Kier alpha value is -2.19. The third-order valence-electron chi connectivity index (χ3n) is 5.89. The third kappa shape index (κ3) is 5.92. The quantitative estimate of drug-likeness (QED) is 0.640. The first-order chi connectivity index (χ1) is 14.5. The van der Waals surface area contributed by atoms with E-state index in [0.29, 0.717) is 25.4 Å². The van der Waals surface area contributed by atoms with E-state index >= 15 is 0 Å². The van der Waals surface area contributed by atoms with Crippen LogP contribution in [-0.2, 0) is 14.3 Å².